The van der Waals surface area contributed by atoms with Crippen LogP contribution < -0.4 is 5.73 Å². The van der Waals surface area contributed by atoms with Crippen molar-refractivity contribution in [3.63, 3.8) is 0 Å². The Balaban J connectivity index is 2.16. The Morgan fingerprint density at radius 1 is 1.28 bits per heavy atom. The maximum absolute atomic E-state index is 11.9. The fourth-order valence-electron chi connectivity index (χ4n) is 1.39. The van der Waals surface area contributed by atoms with Crippen molar-refractivity contribution in [3.05, 3.63) is 40.9 Å². The number of anilines is 1. The van der Waals surface area contributed by atoms with E-state index in [9.17, 15) is 4.79 Å². The number of ether oxygens (including phenoxy) is 1. The molecule has 5 nitrogen and oxygen atoms in total. The van der Waals surface area contributed by atoms with Crippen LogP contribution in [0.15, 0.2) is 30.3 Å². The lowest BCUT2D eigenvalue weighted by Crippen LogP contribution is -2.25. The van der Waals surface area contributed by atoms with Gasteiger partial charge in [0, 0.05) is 0 Å². The van der Waals surface area contributed by atoms with Gasteiger partial charge >= 0.3 is 5.97 Å². The number of nitrogen functional groups attached to an aromatic ring is 1. The largest absolute Gasteiger partial charge is 0.449 e. The third-order valence-electron chi connectivity index (χ3n) is 2.31. The van der Waals surface area contributed by atoms with Crippen LogP contribution in [0.1, 0.15) is 29.2 Å². The fraction of sp³-hybridized carbons (Fsp3) is 0.250. The molecule has 0 aliphatic rings. The first kappa shape index (κ1) is 12.5. The molecule has 0 radical (unpaired) electrons. The molecule has 1 aromatic carbocycles. The molecule has 0 unspecified atom stereocenters. The SMILES string of the molecule is CC(C)(OC(=O)c1ccccc1)c1nnc(N)s1. The topological polar surface area (TPSA) is 78.1 Å². The second-order valence-electron chi connectivity index (χ2n) is 4.21. The predicted molar refractivity (Wildman–Crippen MR) is 69.2 cm³/mol. The third kappa shape index (κ3) is 2.65. The summed E-state index contributed by atoms with van der Waals surface area (Å²) in [4.78, 5) is 11.9. The Morgan fingerprint density at radius 2 is 1.94 bits per heavy atom. The van der Waals surface area contributed by atoms with E-state index >= 15 is 0 Å². The maximum atomic E-state index is 11.9. The number of esters is 1. The summed E-state index contributed by atoms with van der Waals surface area (Å²) in [6.07, 6.45) is 0. The molecule has 0 spiro atoms. The van der Waals surface area contributed by atoms with Crippen molar-refractivity contribution >= 4 is 22.4 Å². The van der Waals surface area contributed by atoms with E-state index in [0.29, 0.717) is 15.7 Å². The molecule has 0 atom stereocenters. The van der Waals surface area contributed by atoms with Gasteiger partial charge in [-0.1, -0.05) is 29.5 Å². The van der Waals surface area contributed by atoms with Crippen molar-refractivity contribution < 1.29 is 9.53 Å². The molecular weight excluding hydrogens is 250 g/mol. The van der Waals surface area contributed by atoms with Crippen LogP contribution in [-0.4, -0.2) is 16.2 Å². The Labute approximate surface area is 109 Å². The highest BCUT2D eigenvalue weighted by Gasteiger charge is 2.30. The standard InChI is InChI=1S/C12H13N3O2S/c1-12(2,10-14-15-11(13)18-10)17-9(16)8-6-4-3-5-7-8/h3-7H,1-2H3,(H2,13,15). The molecule has 0 bridgehead atoms. The summed E-state index contributed by atoms with van der Waals surface area (Å²) in [5, 5.41) is 8.55. The third-order valence-corrected chi connectivity index (χ3v) is 3.37. The minimum atomic E-state index is -0.845. The summed E-state index contributed by atoms with van der Waals surface area (Å²) in [5.74, 6) is -0.394. The number of carbonyl (C=O) groups is 1. The quantitative estimate of drug-likeness (QED) is 0.859. The van der Waals surface area contributed by atoms with Crippen LogP contribution in [0.2, 0.25) is 0 Å². The number of hydrogen-bond acceptors (Lipinski definition) is 6. The monoisotopic (exact) mass is 263 g/mol. The van der Waals surface area contributed by atoms with Crippen LogP contribution in [-0.2, 0) is 10.3 Å². The van der Waals surface area contributed by atoms with E-state index in [1.807, 2.05) is 6.07 Å². The van der Waals surface area contributed by atoms with E-state index in [0.717, 1.165) is 0 Å². The normalized spacial score (nSPS) is 11.2. The van der Waals surface area contributed by atoms with Crippen molar-refractivity contribution in [2.75, 3.05) is 5.73 Å². The van der Waals surface area contributed by atoms with Crippen LogP contribution in [0.25, 0.3) is 0 Å². The molecule has 6 heteroatoms. The van der Waals surface area contributed by atoms with E-state index < -0.39 is 11.6 Å². The number of aromatic nitrogens is 2. The first-order chi connectivity index (χ1) is 8.49. The number of nitrogens with zero attached hydrogens (tertiary/aromatic N) is 2. The van der Waals surface area contributed by atoms with Gasteiger partial charge in [0.2, 0.25) is 5.13 Å². The average molecular weight is 263 g/mol. The van der Waals surface area contributed by atoms with E-state index in [-0.39, 0.29) is 0 Å². The predicted octanol–water partition coefficient (Wildman–Crippen LogP) is 2.21. The van der Waals surface area contributed by atoms with E-state index in [2.05, 4.69) is 10.2 Å². The average Bonchev–Trinajstić information content (AvgIpc) is 2.77. The molecule has 2 rings (SSSR count). The van der Waals surface area contributed by atoms with E-state index in [4.69, 9.17) is 10.5 Å². The summed E-state index contributed by atoms with van der Waals surface area (Å²) >= 11 is 1.21. The Morgan fingerprint density at radius 3 is 2.50 bits per heavy atom. The molecule has 0 amide bonds. The van der Waals surface area contributed by atoms with Crippen molar-refractivity contribution in [1.29, 1.82) is 0 Å². The smallest absolute Gasteiger partial charge is 0.339 e. The van der Waals surface area contributed by atoms with Crippen LogP contribution >= 0.6 is 11.3 Å². The number of rotatable bonds is 3. The molecular formula is C12H13N3O2S. The maximum Gasteiger partial charge on any atom is 0.339 e. The molecule has 1 aromatic heterocycles. The number of nitrogens with two attached hydrogens (primary N) is 1. The number of carbonyl (C=O) groups excluding carboxylic acids is 1. The van der Waals surface area contributed by atoms with Gasteiger partial charge in [-0.25, -0.2) is 4.79 Å². The Bertz CT molecular complexity index is 551. The van der Waals surface area contributed by atoms with E-state index in [1.165, 1.54) is 11.3 Å². The van der Waals surface area contributed by atoms with E-state index in [1.54, 1.807) is 38.1 Å². The Hall–Kier alpha value is -1.95. The van der Waals surface area contributed by atoms with Crippen molar-refractivity contribution in [2.45, 2.75) is 19.4 Å². The van der Waals surface area contributed by atoms with Crippen LogP contribution in [0, 0.1) is 0 Å². The molecule has 94 valence electrons. The summed E-state index contributed by atoms with van der Waals surface area (Å²) in [5.41, 5.74) is 5.18. The molecule has 0 fully saturated rings. The van der Waals surface area contributed by atoms with Gasteiger partial charge in [-0.2, -0.15) is 0 Å². The molecule has 0 aliphatic heterocycles. The van der Waals surface area contributed by atoms with Gasteiger partial charge < -0.3 is 10.5 Å². The van der Waals surface area contributed by atoms with Gasteiger partial charge in [-0.15, -0.1) is 10.2 Å². The molecule has 0 saturated carbocycles. The lowest BCUT2D eigenvalue weighted by atomic mass is 10.1. The molecule has 2 N–H and O–H groups in total. The zero-order valence-electron chi connectivity index (χ0n) is 10.1. The zero-order valence-corrected chi connectivity index (χ0v) is 10.9. The highest BCUT2D eigenvalue weighted by atomic mass is 32.1. The van der Waals surface area contributed by atoms with Crippen LogP contribution in [0.3, 0.4) is 0 Å². The number of benzene rings is 1. The molecule has 2 aromatic rings. The number of hydrogen-bond donors (Lipinski definition) is 1. The van der Waals surface area contributed by atoms with Gasteiger partial charge in [0.05, 0.1) is 5.56 Å². The van der Waals surface area contributed by atoms with Crippen LogP contribution in [0.5, 0.6) is 0 Å². The zero-order chi connectivity index (χ0) is 13.2. The van der Waals surface area contributed by atoms with Crippen molar-refractivity contribution in [2.24, 2.45) is 0 Å². The molecule has 0 saturated heterocycles. The summed E-state index contributed by atoms with van der Waals surface area (Å²) < 4.78 is 5.44. The minimum absolute atomic E-state index is 0.355. The van der Waals surface area contributed by atoms with Gasteiger partial charge in [0.25, 0.3) is 0 Å². The highest BCUT2D eigenvalue weighted by molar-refractivity contribution is 7.15. The van der Waals surface area contributed by atoms with Crippen molar-refractivity contribution in [3.8, 4) is 0 Å². The fourth-order valence-corrected chi connectivity index (χ4v) is 2.04. The first-order valence-electron chi connectivity index (χ1n) is 5.37. The first-order valence-corrected chi connectivity index (χ1v) is 6.18. The molecule has 18 heavy (non-hydrogen) atoms. The highest BCUT2D eigenvalue weighted by Crippen LogP contribution is 2.29. The Kier molecular flexibility index (Phi) is 3.29. The summed E-state index contributed by atoms with van der Waals surface area (Å²) in [6.45, 7) is 3.52. The lowest BCUT2D eigenvalue weighted by Gasteiger charge is -2.21. The van der Waals surface area contributed by atoms with Crippen LogP contribution in [0.4, 0.5) is 5.13 Å². The van der Waals surface area contributed by atoms with Gasteiger partial charge in [0.1, 0.15) is 0 Å². The minimum Gasteiger partial charge on any atom is -0.449 e. The van der Waals surface area contributed by atoms with Gasteiger partial charge in [0.15, 0.2) is 10.6 Å². The summed E-state index contributed by atoms with van der Waals surface area (Å²) in [6, 6.07) is 8.81. The molecule has 1 heterocycles. The second kappa shape index (κ2) is 4.73. The van der Waals surface area contributed by atoms with Gasteiger partial charge in [-0.05, 0) is 26.0 Å². The van der Waals surface area contributed by atoms with Gasteiger partial charge in [-0.3, -0.25) is 0 Å². The molecule has 0 aliphatic carbocycles. The van der Waals surface area contributed by atoms with Crippen molar-refractivity contribution in [1.82, 2.24) is 10.2 Å². The second-order valence-corrected chi connectivity index (χ2v) is 5.22. The lowest BCUT2D eigenvalue weighted by molar-refractivity contribution is -0.00346. The summed E-state index contributed by atoms with van der Waals surface area (Å²) in [7, 11) is 0.